The van der Waals surface area contributed by atoms with Crippen LogP contribution in [0.5, 0.6) is 0 Å². The Bertz CT molecular complexity index is 533. The second-order valence-corrected chi connectivity index (χ2v) is 6.10. The zero-order chi connectivity index (χ0) is 17.2. The molecule has 4 heteroatoms. The van der Waals surface area contributed by atoms with Gasteiger partial charge in [-0.1, -0.05) is 48.9 Å². The number of benzene rings is 1. The van der Waals surface area contributed by atoms with Crippen molar-refractivity contribution in [1.29, 1.82) is 0 Å². The highest BCUT2D eigenvalue weighted by atomic mass is 16.5. The van der Waals surface area contributed by atoms with E-state index in [1.807, 2.05) is 25.1 Å². The molecule has 23 heavy (non-hydrogen) atoms. The largest absolute Gasteiger partial charge is 0.467 e. The van der Waals surface area contributed by atoms with Crippen LogP contribution in [0, 0.1) is 5.92 Å². The van der Waals surface area contributed by atoms with Gasteiger partial charge in [0.25, 0.3) is 0 Å². The van der Waals surface area contributed by atoms with Gasteiger partial charge in [-0.2, -0.15) is 0 Å². The van der Waals surface area contributed by atoms with Crippen LogP contribution < -0.4 is 5.32 Å². The number of ether oxygens (including phenoxy) is 1. The van der Waals surface area contributed by atoms with Crippen LogP contribution in [0.15, 0.2) is 42.0 Å². The summed E-state index contributed by atoms with van der Waals surface area (Å²) in [6.45, 7) is 6.18. The van der Waals surface area contributed by atoms with Crippen molar-refractivity contribution in [3.63, 3.8) is 0 Å². The first-order chi connectivity index (χ1) is 10.9. The van der Waals surface area contributed by atoms with E-state index in [0.717, 1.165) is 18.4 Å². The van der Waals surface area contributed by atoms with Gasteiger partial charge in [0.2, 0.25) is 5.91 Å². The zero-order valence-electron chi connectivity index (χ0n) is 14.5. The molecule has 0 fully saturated rings. The van der Waals surface area contributed by atoms with Gasteiger partial charge in [-0.15, -0.1) is 0 Å². The number of hydrogen-bond acceptors (Lipinski definition) is 3. The van der Waals surface area contributed by atoms with E-state index >= 15 is 0 Å². The van der Waals surface area contributed by atoms with E-state index in [1.165, 1.54) is 12.7 Å². The minimum absolute atomic E-state index is 0.131. The number of methoxy groups -OCH3 is 1. The summed E-state index contributed by atoms with van der Waals surface area (Å²) in [5.41, 5.74) is 2.02. The van der Waals surface area contributed by atoms with Crippen molar-refractivity contribution < 1.29 is 14.3 Å². The fourth-order valence-corrected chi connectivity index (χ4v) is 2.34. The SMILES string of the molecule is COC(=O)[C@H](NC(=O)C[C@H](C)CCC=C(C)C)c1ccccc1. The lowest BCUT2D eigenvalue weighted by Gasteiger charge is -2.18. The molecule has 0 unspecified atom stereocenters. The van der Waals surface area contributed by atoms with Gasteiger partial charge in [0.05, 0.1) is 7.11 Å². The van der Waals surface area contributed by atoms with Crippen molar-refractivity contribution in [3.8, 4) is 0 Å². The normalized spacial score (nSPS) is 12.9. The highest BCUT2D eigenvalue weighted by molar-refractivity contribution is 5.85. The smallest absolute Gasteiger partial charge is 0.333 e. The minimum atomic E-state index is -0.751. The molecule has 4 nitrogen and oxygen atoms in total. The molecule has 0 aliphatic rings. The van der Waals surface area contributed by atoms with Crippen LogP contribution in [0.3, 0.4) is 0 Å². The second kappa shape index (κ2) is 9.82. The lowest BCUT2D eigenvalue weighted by molar-refractivity contribution is -0.145. The molecule has 0 radical (unpaired) electrons. The van der Waals surface area contributed by atoms with E-state index in [2.05, 4.69) is 25.2 Å². The summed E-state index contributed by atoms with van der Waals surface area (Å²) >= 11 is 0. The van der Waals surface area contributed by atoms with E-state index in [0.29, 0.717) is 6.42 Å². The Hall–Kier alpha value is -2.10. The average molecular weight is 317 g/mol. The van der Waals surface area contributed by atoms with Crippen molar-refractivity contribution in [1.82, 2.24) is 5.32 Å². The Morgan fingerprint density at radius 1 is 1.22 bits per heavy atom. The third-order valence-corrected chi connectivity index (χ3v) is 3.62. The maximum absolute atomic E-state index is 12.2. The van der Waals surface area contributed by atoms with Gasteiger partial charge in [0, 0.05) is 6.42 Å². The Morgan fingerprint density at radius 3 is 2.43 bits per heavy atom. The Labute approximate surface area is 138 Å². The number of hydrogen-bond donors (Lipinski definition) is 1. The van der Waals surface area contributed by atoms with E-state index in [9.17, 15) is 9.59 Å². The lowest BCUT2D eigenvalue weighted by atomic mass is 10.00. The first kappa shape index (κ1) is 18.9. The summed E-state index contributed by atoms with van der Waals surface area (Å²) < 4.78 is 4.80. The van der Waals surface area contributed by atoms with Crippen molar-refractivity contribution in [3.05, 3.63) is 47.5 Å². The molecule has 0 spiro atoms. The molecule has 0 aliphatic heterocycles. The van der Waals surface area contributed by atoms with Crippen LogP contribution in [0.1, 0.15) is 51.6 Å². The molecular weight excluding hydrogens is 290 g/mol. The third kappa shape index (κ3) is 7.13. The van der Waals surface area contributed by atoms with Crippen LogP contribution in [0.2, 0.25) is 0 Å². The number of carbonyl (C=O) groups excluding carboxylic acids is 2. The number of allylic oxidation sites excluding steroid dienone is 2. The van der Waals surface area contributed by atoms with E-state index in [1.54, 1.807) is 12.1 Å². The quantitative estimate of drug-likeness (QED) is 0.586. The van der Waals surface area contributed by atoms with Gasteiger partial charge in [-0.25, -0.2) is 4.79 Å². The van der Waals surface area contributed by atoms with E-state index < -0.39 is 12.0 Å². The van der Waals surface area contributed by atoms with Gasteiger partial charge >= 0.3 is 5.97 Å². The molecule has 0 aromatic heterocycles. The van der Waals surface area contributed by atoms with Crippen LogP contribution in [0.4, 0.5) is 0 Å². The predicted molar refractivity (Wildman–Crippen MR) is 91.8 cm³/mol. The maximum Gasteiger partial charge on any atom is 0.333 e. The molecule has 1 rings (SSSR count). The molecule has 126 valence electrons. The third-order valence-electron chi connectivity index (χ3n) is 3.62. The highest BCUT2D eigenvalue weighted by Gasteiger charge is 2.23. The van der Waals surface area contributed by atoms with Crippen LogP contribution in [-0.2, 0) is 14.3 Å². The van der Waals surface area contributed by atoms with Gasteiger partial charge in [0.1, 0.15) is 0 Å². The van der Waals surface area contributed by atoms with Crippen molar-refractivity contribution in [2.24, 2.45) is 5.92 Å². The molecule has 0 saturated carbocycles. The molecule has 1 aromatic rings. The number of amides is 1. The molecule has 0 bridgehead atoms. The topological polar surface area (TPSA) is 55.4 Å². The average Bonchev–Trinajstić information content (AvgIpc) is 2.52. The zero-order valence-corrected chi connectivity index (χ0v) is 14.5. The van der Waals surface area contributed by atoms with Gasteiger partial charge < -0.3 is 10.1 Å². The van der Waals surface area contributed by atoms with Crippen molar-refractivity contribution in [2.45, 2.75) is 46.1 Å². The van der Waals surface area contributed by atoms with Gasteiger partial charge in [-0.05, 0) is 38.2 Å². The molecule has 1 N–H and O–H groups in total. The summed E-state index contributed by atoms with van der Waals surface area (Å²) in [5.74, 6) is -0.324. The van der Waals surface area contributed by atoms with Gasteiger partial charge in [-0.3, -0.25) is 4.79 Å². The molecule has 0 heterocycles. The van der Waals surface area contributed by atoms with E-state index in [4.69, 9.17) is 4.74 Å². The second-order valence-electron chi connectivity index (χ2n) is 6.10. The molecule has 0 saturated heterocycles. The van der Waals surface area contributed by atoms with Crippen LogP contribution in [-0.4, -0.2) is 19.0 Å². The molecule has 0 aliphatic carbocycles. The first-order valence-electron chi connectivity index (χ1n) is 7.99. The number of esters is 1. The Morgan fingerprint density at radius 2 is 1.87 bits per heavy atom. The van der Waals surface area contributed by atoms with Crippen molar-refractivity contribution >= 4 is 11.9 Å². The number of nitrogens with one attached hydrogen (secondary N) is 1. The van der Waals surface area contributed by atoms with Crippen LogP contribution in [0.25, 0.3) is 0 Å². The minimum Gasteiger partial charge on any atom is -0.467 e. The fourth-order valence-electron chi connectivity index (χ4n) is 2.34. The highest BCUT2D eigenvalue weighted by Crippen LogP contribution is 2.16. The van der Waals surface area contributed by atoms with E-state index in [-0.39, 0.29) is 11.8 Å². The maximum atomic E-state index is 12.2. The summed E-state index contributed by atoms with van der Waals surface area (Å²) in [5, 5.41) is 2.79. The lowest BCUT2D eigenvalue weighted by Crippen LogP contribution is -2.35. The summed E-state index contributed by atoms with van der Waals surface area (Å²) in [7, 11) is 1.33. The van der Waals surface area contributed by atoms with Gasteiger partial charge in [0.15, 0.2) is 6.04 Å². The molecular formula is C19H27NO3. The first-order valence-corrected chi connectivity index (χ1v) is 7.99. The summed E-state index contributed by atoms with van der Waals surface area (Å²) in [6.07, 6.45) is 4.50. The standard InChI is InChI=1S/C19H27NO3/c1-14(2)9-8-10-15(3)13-17(21)20-18(19(22)23-4)16-11-6-5-7-12-16/h5-7,9,11-12,15,18H,8,10,13H2,1-4H3,(H,20,21)/t15-,18-/m1/s1. The molecule has 1 amide bonds. The predicted octanol–water partition coefficient (Wildman–Crippen LogP) is 3.79. The Kier molecular flexibility index (Phi) is 8.09. The summed E-state index contributed by atoms with van der Waals surface area (Å²) in [6, 6.07) is 8.39. The number of rotatable bonds is 8. The molecule has 2 atom stereocenters. The fraction of sp³-hybridized carbons (Fsp3) is 0.474. The van der Waals surface area contributed by atoms with Crippen LogP contribution >= 0.6 is 0 Å². The Balaban J connectivity index is 2.60. The number of carbonyl (C=O) groups is 2. The summed E-state index contributed by atoms with van der Waals surface area (Å²) in [4.78, 5) is 24.2. The monoisotopic (exact) mass is 317 g/mol. The molecule has 1 aromatic carbocycles. The van der Waals surface area contributed by atoms with Crippen molar-refractivity contribution in [2.75, 3.05) is 7.11 Å².